The summed E-state index contributed by atoms with van der Waals surface area (Å²) in [7, 11) is 0. The van der Waals surface area contributed by atoms with Crippen LogP contribution in [0.1, 0.15) is 45.4 Å². The Hall–Kier alpha value is -0.210. The van der Waals surface area contributed by atoms with Gasteiger partial charge in [0, 0.05) is 0 Å². The van der Waals surface area contributed by atoms with Crippen LogP contribution in [0.15, 0.2) is 0 Å². The van der Waals surface area contributed by atoms with E-state index >= 15 is 0 Å². The van der Waals surface area contributed by atoms with Crippen LogP contribution in [0.2, 0.25) is 0 Å². The van der Waals surface area contributed by atoms with E-state index in [0.717, 1.165) is 31.1 Å². The van der Waals surface area contributed by atoms with Crippen molar-refractivity contribution in [3.63, 3.8) is 0 Å². The zero-order valence-corrected chi connectivity index (χ0v) is 9.19. The quantitative estimate of drug-likeness (QED) is 0.574. The summed E-state index contributed by atoms with van der Waals surface area (Å²) in [4.78, 5) is 0. The third kappa shape index (κ3) is 2.67. The summed E-state index contributed by atoms with van der Waals surface area (Å²) in [6.45, 7) is 2.22. The highest BCUT2D eigenvalue weighted by Crippen LogP contribution is 2.50. The number of hydrogen-bond acceptors (Lipinski definition) is 0. The van der Waals surface area contributed by atoms with Gasteiger partial charge in [0.1, 0.15) is 0 Å². The highest BCUT2D eigenvalue weighted by molar-refractivity contribution is 4.90. The molecule has 2 fully saturated rings. The van der Waals surface area contributed by atoms with Crippen LogP contribution in [0.5, 0.6) is 0 Å². The van der Waals surface area contributed by atoms with Crippen molar-refractivity contribution in [2.24, 2.45) is 23.7 Å². The Morgan fingerprint density at radius 1 is 1.00 bits per heavy atom. The van der Waals surface area contributed by atoms with E-state index in [0.29, 0.717) is 18.8 Å². The van der Waals surface area contributed by atoms with Gasteiger partial charge in [0.05, 0.1) is 5.92 Å². The molecule has 0 heterocycles. The van der Waals surface area contributed by atoms with Gasteiger partial charge in [-0.2, -0.15) is 13.2 Å². The fourth-order valence-corrected chi connectivity index (χ4v) is 3.09. The first kappa shape index (κ1) is 11.3. The lowest BCUT2D eigenvalue weighted by Crippen LogP contribution is -2.22. The van der Waals surface area contributed by atoms with Crippen molar-refractivity contribution in [1.82, 2.24) is 0 Å². The van der Waals surface area contributed by atoms with Crippen LogP contribution in [0.3, 0.4) is 0 Å². The van der Waals surface area contributed by atoms with E-state index in [1.807, 2.05) is 0 Å². The number of rotatable bonds is 1. The molecular weight excluding hydrogens is 201 g/mol. The molecule has 0 aromatic carbocycles. The molecule has 2 saturated carbocycles. The van der Waals surface area contributed by atoms with Crippen LogP contribution in [0, 0.1) is 23.7 Å². The smallest absolute Gasteiger partial charge is 0.171 e. The summed E-state index contributed by atoms with van der Waals surface area (Å²) >= 11 is 0. The second kappa shape index (κ2) is 3.99. The third-order valence-electron chi connectivity index (χ3n) is 4.25. The lowest BCUT2D eigenvalue weighted by molar-refractivity contribution is -0.177. The summed E-state index contributed by atoms with van der Waals surface area (Å²) in [6.07, 6.45) is 0.642. The topological polar surface area (TPSA) is 0 Å². The molecule has 2 aliphatic rings. The summed E-state index contributed by atoms with van der Waals surface area (Å²) < 4.78 is 37.6. The Bertz CT molecular complexity index is 221. The van der Waals surface area contributed by atoms with E-state index in [1.165, 1.54) is 6.42 Å². The minimum absolute atomic E-state index is 0.362. The van der Waals surface area contributed by atoms with E-state index < -0.39 is 12.1 Å². The Balaban J connectivity index is 1.87. The molecule has 15 heavy (non-hydrogen) atoms. The van der Waals surface area contributed by atoms with Crippen LogP contribution in [-0.2, 0) is 0 Å². The van der Waals surface area contributed by atoms with Crippen molar-refractivity contribution in [2.45, 2.75) is 51.6 Å². The van der Waals surface area contributed by atoms with Gasteiger partial charge < -0.3 is 0 Å². The Morgan fingerprint density at radius 2 is 1.67 bits per heavy atom. The second-order valence-corrected chi connectivity index (χ2v) is 5.38. The minimum Gasteiger partial charge on any atom is -0.171 e. The predicted octanol–water partition coefficient (Wildman–Crippen LogP) is 4.40. The Morgan fingerprint density at radius 3 is 2.20 bits per heavy atom. The van der Waals surface area contributed by atoms with Crippen molar-refractivity contribution in [3.05, 3.63) is 0 Å². The van der Waals surface area contributed by atoms with Crippen LogP contribution in [0.4, 0.5) is 13.2 Å². The highest BCUT2D eigenvalue weighted by Gasteiger charge is 2.44. The fourth-order valence-electron chi connectivity index (χ4n) is 3.09. The zero-order chi connectivity index (χ0) is 11.1. The van der Waals surface area contributed by atoms with Gasteiger partial charge in [0.15, 0.2) is 0 Å². The zero-order valence-electron chi connectivity index (χ0n) is 9.19. The average molecular weight is 220 g/mol. The summed E-state index contributed by atoms with van der Waals surface area (Å²) in [5, 5.41) is 0. The van der Waals surface area contributed by atoms with E-state index in [2.05, 4.69) is 6.92 Å². The first-order valence-corrected chi connectivity index (χ1v) is 6.05. The Labute approximate surface area is 89.2 Å². The molecule has 0 nitrogen and oxygen atoms in total. The Kier molecular flexibility index (Phi) is 3.00. The molecule has 0 bridgehead atoms. The van der Waals surface area contributed by atoms with E-state index in [4.69, 9.17) is 0 Å². The SMILES string of the molecule is CC1CC1C1CCCC(C(F)(F)F)CC1. The maximum absolute atomic E-state index is 12.5. The van der Waals surface area contributed by atoms with Crippen molar-refractivity contribution in [3.8, 4) is 0 Å². The lowest BCUT2D eigenvalue weighted by atomic mass is 9.93. The van der Waals surface area contributed by atoms with Gasteiger partial charge in [-0.25, -0.2) is 0 Å². The fraction of sp³-hybridized carbons (Fsp3) is 1.00. The monoisotopic (exact) mass is 220 g/mol. The molecule has 0 spiro atoms. The molecule has 0 amide bonds. The first-order chi connectivity index (χ1) is 6.98. The van der Waals surface area contributed by atoms with E-state index in [9.17, 15) is 13.2 Å². The van der Waals surface area contributed by atoms with Crippen molar-refractivity contribution in [2.75, 3.05) is 0 Å². The van der Waals surface area contributed by atoms with E-state index in [1.54, 1.807) is 0 Å². The maximum atomic E-state index is 12.5. The number of hydrogen-bond donors (Lipinski definition) is 0. The molecule has 88 valence electrons. The molecule has 0 aromatic rings. The molecule has 0 aromatic heterocycles. The van der Waals surface area contributed by atoms with Gasteiger partial charge >= 0.3 is 6.18 Å². The van der Waals surface area contributed by atoms with Crippen LogP contribution < -0.4 is 0 Å². The highest BCUT2D eigenvalue weighted by atomic mass is 19.4. The number of halogens is 3. The molecule has 4 unspecified atom stereocenters. The standard InChI is InChI=1S/C12H19F3/c1-8-7-11(8)9-3-2-4-10(6-5-9)12(13,14)15/h8-11H,2-7H2,1H3. The molecule has 0 N–H and O–H groups in total. The predicted molar refractivity (Wildman–Crippen MR) is 53.4 cm³/mol. The second-order valence-electron chi connectivity index (χ2n) is 5.38. The molecule has 2 aliphatic carbocycles. The number of alkyl halides is 3. The summed E-state index contributed by atoms with van der Waals surface area (Å²) in [5.41, 5.74) is 0. The largest absolute Gasteiger partial charge is 0.391 e. The van der Waals surface area contributed by atoms with Crippen LogP contribution in [-0.4, -0.2) is 6.18 Å². The maximum Gasteiger partial charge on any atom is 0.391 e. The van der Waals surface area contributed by atoms with Gasteiger partial charge in [-0.15, -0.1) is 0 Å². The van der Waals surface area contributed by atoms with Crippen molar-refractivity contribution < 1.29 is 13.2 Å². The summed E-state index contributed by atoms with van der Waals surface area (Å²) in [5.74, 6) is 1.10. The molecule has 0 aliphatic heterocycles. The third-order valence-corrected chi connectivity index (χ3v) is 4.25. The molecular formula is C12H19F3. The van der Waals surface area contributed by atoms with Gasteiger partial charge in [0.25, 0.3) is 0 Å². The average Bonchev–Trinajstić information content (AvgIpc) is 2.84. The molecule has 2 rings (SSSR count). The first-order valence-electron chi connectivity index (χ1n) is 6.05. The summed E-state index contributed by atoms with van der Waals surface area (Å²) in [6, 6.07) is 0. The van der Waals surface area contributed by atoms with Gasteiger partial charge in [-0.05, 0) is 43.4 Å². The van der Waals surface area contributed by atoms with Crippen LogP contribution in [0.25, 0.3) is 0 Å². The molecule has 0 saturated heterocycles. The molecule has 3 heteroatoms. The van der Waals surface area contributed by atoms with Crippen molar-refractivity contribution in [1.29, 1.82) is 0 Å². The van der Waals surface area contributed by atoms with Gasteiger partial charge in [-0.3, -0.25) is 0 Å². The van der Waals surface area contributed by atoms with Crippen LogP contribution >= 0.6 is 0 Å². The minimum atomic E-state index is -3.95. The van der Waals surface area contributed by atoms with Crippen molar-refractivity contribution >= 4 is 0 Å². The normalized spacial score (nSPS) is 42.4. The van der Waals surface area contributed by atoms with Gasteiger partial charge in [-0.1, -0.05) is 19.8 Å². The molecule has 0 radical (unpaired) electrons. The van der Waals surface area contributed by atoms with Gasteiger partial charge in [0.2, 0.25) is 0 Å². The van der Waals surface area contributed by atoms with E-state index in [-0.39, 0.29) is 0 Å². The lowest BCUT2D eigenvalue weighted by Gasteiger charge is -2.18. The molecule has 4 atom stereocenters.